The van der Waals surface area contributed by atoms with E-state index in [-0.39, 0.29) is 11.8 Å². The summed E-state index contributed by atoms with van der Waals surface area (Å²) in [6.07, 6.45) is 3.09. The van der Waals surface area contributed by atoms with Crippen LogP contribution < -0.4 is 15.4 Å². The second kappa shape index (κ2) is 7.83. The first-order valence-corrected chi connectivity index (χ1v) is 6.77. The second-order valence-electron chi connectivity index (χ2n) is 4.57. The third kappa shape index (κ3) is 4.94. The molecule has 2 N–H and O–H groups in total. The number of carbonyl (C=O) groups is 1. The van der Waals surface area contributed by atoms with E-state index in [9.17, 15) is 9.18 Å². The second-order valence-corrected chi connectivity index (χ2v) is 4.57. The van der Waals surface area contributed by atoms with Gasteiger partial charge in [0, 0.05) is 12.7 Å². The van der Waals surface area contributed by atoms with E-state index >= 15 is 0 Å². The Morgan fingerprint density at radius 2 is 2.05 bits per heavy atom. The van der Waals surface area contributed by atoms with Crippen LogP contribution in [-0.4, -0.2) is 13.1 Å². The molecule has 0 saturated heterocycles. The van der Waals surface area contributed by atoms with E-state index in [2.05, 4.69) is 10.6 Å². The average Bonchev–Trinajstić information content (AvgIpc) is 2.53. The first kappa shape index (κ1) is 15.6. The summed E-state index contributed by atoms with van der Waals surface area (Å²) >= 11 is 0. The van der Waals surface area contributed by atoms with Gasteiger partial charge in [-0.1, -0.05) is 24.3 Å². The molecule has 2 amide bonds. The van der Waals surface area contributed by atoms with E-state index in [1.165, 1.54) is 18.3 Å². The highest BCUT2D eigenvalue weighted by Gasteiger charge is 1.99. The fraction of sp³-hybridized carbons (Fsp3) is 0.118. The summed E-state index contributed by atoms with van der Waals surface area (Å²) in [5, 5.41) is 5.28. The number of amides is 2. The molecule has 0 aromatic heterocycles. The Hall–Kier alpha value is -2.82. The van der Waals surface area contributed by atoms with Crippen LogP contribution in [0.4, 0.5) is 9.18 Å². The first-order valence-electron chi connectivity index (χ1n) is 6.77. The quantitative estimate of drug-likeness (QED) is 0.890. The summed E-state index contributed by atoms with van der Waals surface area (Å²) in [4.78, 5) is 11.6. The molecule has 2 rings (SSSR count). The molecule has 4 nitrogen and oxygen atoms in total. The standard InChI is InChI=1S/C17H17FN2O2/c1-22-16-7-3-5-14(11-16)12-20-17(21)19-9-8-13-4-2-6-15(18)10-13/h2-11H,12H2,1H3,(H2,19,20,21)/b9-8+. The minimum absolute atomic E-state index is 0.315. The Balaban J connectivity index is 1.80. The van der Waals surface area contributed by atoms with Crippen molar-refractivity contribution >= 4 is 12.1 Å². The molecule has 0 bridgehead atoms. The lowest BCUT2D eigenvalue weighted by molar-refractivity contribution is 0.244. The van der Waals surface area contributed by atoms with Gasteiger partial charge in [-0.05, 0) is 41.5 Å². The Bertz CT molecular complexity index is 671. The van der Waals surface area contributed by atoms with Crippen LogP contribution in [0.3, 0.4) is 0 Å². The minimum atomic E-state index is -0.338. The molecule has 0 aliphatic carbocycles. The number of carbonyl (C=O) groups excluding carboxylic acids is 1. The van der Waals surface area contributed by atoms with E-state index in [0.717, 1.165) is 11.3 Å². The lowest BCUT2D eigenvalue weighted by Crippen LogP contribution is -2.31. The van der Waals surface area contributed by atoms with Crippen molar-refractivity contribution in [3.05, 3.63) is 71.7 Å². The van der Waals surface area contributed by atoms with E-state index in [1.807, 2.05) is 24.3 Å². The van der Waals surface area contributed by atoms with Crippen molar-refractivity contribution in [2.75, 3.05) is 7.11 Å². The highest BCUT2D eigenvalue weighted by atomic mass is 19.1. The van der Waals surface area contributed by atoms with Crippen molar-refractivity contribution in [1.29, 1.82) is 0 Å². The van der Waals surface area contributed by atoms with Crippen LogP contribution in [0.1, 0.15) is 11.1 Å². The molecule has 0 spiro atoms. The van der Waals surface area contributed by atoms with Crippen LogP contribution in [0.25, 0.3) is 6.08 Å². The molecule has 2 aromatic carbocycles. The van der Waals surface area contributed by atoms with Crippen molar-refractivity contribution in [2.24, 2.45) is 0 Å². The minimum Gasteiger partial charge on any atom is -0.497 e. The summed E-state index contributed by atoms with van der Waals surface area (Å²) in [5.41, 5.74) is 1.61. The highest BCUT2D eigenvalue weighted by Crippen LogP contribution is 2.12. The van der Waals surface area contributed by atoms with E-state index in [1.54, 1.807) is 25.3 Å². The van der Waals surface area contributed by atoms with Crippen LogP contribution in [0, 0.1) is 5.82 Å². The zero-order valence-electron chi connectivity index (χ0n) is 12.2. The predicted molar refractivity (Wildman–Crippen MR) is 83.8 cm³/mol. The number of hydrogen-bond donors (Lipinski definition) is 2. The molecule has 0 saturated carbocycles. The number of hydrogen-bond acceptors (Lipinski definition) is 2. The van der Waals surface area contributed by atoms with Gasteiger partial charge in [0.1, 0.15) is 11.6 Å². The van der Waals surface area contributed by atoms with Crippen molar-refractivity contribution in [2.45, 2.75) is 6.54 Å². The number of nitrogens with one attached hydrogen (secondary N) is 2. The van der Waals surface area contributed by atoms with Gasteiger partial charge in [0.05, 0.1) is 7.11 Å². The topological polar surface area (TPSA) is 50.4 Å². The maximum atomic E-state index is 13.0. The highest BCUT2D eigenvalue weighted by molar-refractivity contribution is 5.75. The van der Waals surface area contributed by atoms with Crippen LogP contribution in [0.5, 0.6) is 5.75 Å². The summed E-state index contributed by atoms with van der Waals surface area (Å²) in [6, 6.07) is 13.2. The van der Waals surface area contributed by atoms with Crippen LogP contribution in [0.2, 0.25) is 0 Å². The SMILES string of the molecule is COc1cccc(CNC(=O)N/C=C/c2cccc(F)c2)c1. The van der Waals surface area contributed by atoms with Crippen LogP contribution in [0.15, 0.2) is 54.7 Å². The molecule has 0 radical (unpaired) electrons. The fourth-order valence-electron chi connectivity index (χ4n) is 1.84. The van der Waals surface area contributed by atoms with Crippen molar-refractivity contribution < 1.29 is 13.9 Å². The summed E-state index contributed by atoms with van der Waals surface area (Å²) in [5.74, 6) is 0.426. The zero-order chi connectivity index (χ0) is 15.8. The molecule has 2 aromatic rings. The van der Waals surface area contributed by atoms with Gasteiger partial charge in [0.25, 0.3) is 0 Å². The average molecular weight is 300 g/mol. The van der Waals surface area contributed by atoms with Crippen LogP contribution in [-0.2, 0) is 6.54 Å². The van der Waals surface area contributed by atoms with Crippen LogP contribution >= 0.6 is 0 Å². The lowest BCUT2D eigenvalue weighted by atomic mass is 10.2. The molecule has 22 heavy (non-hydrogen) atoms. The van der Waals surface area contributed by atoms with E-state index < -0.39 is 0 Å². The number of methoxy groups -OCH3 is 1. The normalized spacial score (nSPS) is 10.5. The summed E-state index contributed by atoms with van der Waals surface area (Å²) in [6.45, 7) is 0.386. The molecule has 0 heterocycles. The van der Waals surface area contributed by atoms with Gasteiger partial charge in [-0.15, -0.1) is 0 Å². The van der Waals surface area contributed by atoms with E-state index in [0.29, 0.717) is 12.1 Å². The Labute approximate surface area is 128 Å². The van der Waals surface area contributed by atoms with Crippen molar-refractivity contribution in [3.63, 3.8) is 0 Å². The number of urea groups is 1. The van der Waals surface area contributed by atoms with Crippen molar-refractivity contribution in [3.8, 4) is 5.75 Å². The van der Waals surface area contributed by atoms with Crippen molar-refractivity contribution in [1.82, 2.24) is 10.6 Å². The molecular formula is C17H17FN2O2. The lowest BCUT2D eigenvalue weighted by Gasteiger charge is -2.06. The monoisotopic (exact) mass is 300 g/mol. The van der Waals surface area contributed by atoms with Gasteiger partial charge in [-0.2, -0.15) is 0 Å². The Kier molecular flexibility index (Phi) is 5.54. The molecule has 0 atom stereocenters. The Morgan fingerprint density at radius 1 is 1.23 bits per heavy atom. The van der Waals surface area contributed by atoms with Gasteiger partial charge >= 0.3 is 6.03 Å². The van der Waals surface area contributed by atoms with Gasteiger partial charge < -0.3 is 15.4 Å². The zero-order valence-corrected chi connectivity index (χ0v) is 12.2. The van der Waals surface area contributed by atoms with E-state index in [4.69, 9.17) is 4.74 Å². The summed E-state index contributed by atoms with van der Waals surface area (Å²) in [7, 11) is 1.59. The molecule has 0 fully saturated rings. The largest absolute Gasteiger partial charge is 0.497 e. The smallest absolute Gasteiger partial charge is 0.319 e. The molecule has 0 unspecified atom stereocenters. The maximum absolute atomic E-state index is 13.0. The molecule has 114 valence electrons. The van der Waals surface area contributed by atoms with Gasteiger partial charge in [-0.25, -0.2) is 9.18 Å². The number of halogens is 1. The molecule has 5 heteroatoms. The van der Waals surface area contributed by atoms with Gasteiger partial charge in [0.2, 0.25) is 0 Å². The Morgan fingerprint density at radius 3 is 2.82 bits per heavy atom. The third-order valence-corrected chi connectivity index (χ3v) is 2.93. The first-order chi connectivity index (χ1) is 10.7. The number of ether oxygens (including phenoxy) is 1. The summed E-state index contributed by atoms with van der Waals surface area (Å²) < 4.78 is 18.1. The molecule has 0 aliphatic heterocycles. The fourth-order valence-corrected chi connectivity index (χ4v) is 1.84. The number of benzene rings is 2. The van der Waals surface area contributed by atoms with Gasteiger partial charge in [0.15, 0.2) is 0 Å². The predicted octanol–water partition coefficient (Wildman–Crippen LogP) is 3.30. The number of rotatable bonds is 5. The molecule has 0 aliphatic rings. The molecular weight excluding hydrogens is 283 g/mol. The maximum Gasteiger partial charge on any atom is 0.319 e. The third-order valence-electron chi connectivity index (χ3n) is 2.93. The van der Waals surface area contributed by atoms with Gasteiger partial charge in [-0.3, -0.25) is 0 Å².